The standard InChI is InChI=1S/C25H29FN6O4S.ClH/c1-31-7-5-18-21(12-31)37-25(30-18)24(35)29-20-11-32(22(33)13-36-2)8-6-17(20)28-23(34)19-10-14-9-15(26)3-4-16(14)27-19;/h3-4,9-10,17,20,27H,5-8,11-13H2,1-2H3,(H,28,34)(H,29,35);1H/t17-,20+;/m0./s1. The van der Waals surface area contributed by atoms with E-state index in [-0.39, 0.29) is 49.1 Å². The van der Waals surface area contributed by atoms with E-state index in [1.807, 2.05) is 7.05 Å². The second-order valence-corrected chi connectivity index (χ2v) is 10.6. The van der Waals surface area contributed by atoms with Crippen molar-refractivity contribution in [1.29, 1.82) is 0 Å². The van der Waals surface area contributed by atoms with E-state index in [4.69, 9.17) is 4.74 Å². The molecule has 13 heteroatoms. The average Bonchev–Trinajstić information content (AvgIpc) is 3.49. The number of amides is 3. The van der Waals surface area contributed by atoms with Crippen molar-refractivity contribution < 1.29 is 23.5 Å². The van der Waals surface area contributed by atoms with Crippen molar-refractivity contribution in [1.82, 2.24) is 30.4 Å². The number of halogens is 2. The van der Waals surface area contributed by atoms with E-state index in [2.05, 4.69) is 25.5 Å². The Morgan fingerprint density at radius 3 is 2.76 bits per heavy atom. The first-order chi connectivity index (χ1) is 17.8. The molecule has 5 rings (SSSR count). The highest BCUT2D eigenvalue weighted by Crippen LogP contribution is 2.25. The number of carbonyl (C=O) groups is 3. The van der Waals surface area contributed by atoms with Crippen molar-refractivity contribution in [2.24, 2.45) is 0 Å². The third-order valence-electron chi connectivity index (χ3n) is 6.81. The number of piperidine rings is 1. The number of methoxy groups -OCH3 is 1. The van der Waals surface area contributed by atoms with Crippen molar-refractivity contribution in [3.05, 3.63) is 51.4 Å². The van der Waals surface area contributed by atoms with Crippen LogP contribution in [0.5, 0.6) is 0 Å². The molecule has 0 bridgehead atoms. The molecule has 38 heavy (non-hydrogen) atoms. The SMILES string of the molecule is COCC(=O)N1CC[C@H](NC(=O)c2cc3cc(F)ccc3[nH]2)[C@H](NC(=O)c2nc3c(s2)CN(C)CC3)C1.Cl. The Morgan fingerprint density at radius 1 is 1.18 bits per heavy atom. The number of nitrogens with one attached hydrogen (secondary N) is 3. The first kappa shape index (κ1) is 28.0. The molecule has 0 radical (unpaired) electrons. The summed E-state index contributed by atoms with van der Waals surface area (Å²) in [6, 6.07) is 4.90. The van der Waals surface area contributed by atoms with Gasteiger partial charge in [-0.2, -0.15) is 0 Å². The first-order valence-corrected chi connectivity index (χ1v) is 13.0. The summed E-state index contributed by atoms with van der Waals surface area (Å²) in [6.45, 7) is 2.23. The number of carbonyl (C=O) groups excluding carboxylic acids is 3. The number of rotatable bonds is 6. The van der Waals surface area contributed by atoms with Crippen molar-refractivity contribution in [2.75, 3.05) is 40.4 Å². The van der Waals surface area contributed by atoms with Gasteiger partial charge in [0.05, 0.1) is 17.8 Å². The lowest BCUT2D eigenvalue weighted by molar-refractivity contribution is -0.136. The van der Waals surface area contributed by atoms with E-state index in [1.165, 1.54) is 30.6 Å². The number of likely N-dealkylation sites (tertiary alicyclic amines) is 1. The smallest absolute Gasteiger partial charge is 0.280 e. The van der Waals surface area contributed by atoms with Gasteiger partial charge in [0.25, 0.3) is 11.8 Å². The predicted octanol–water partition coefficient (Wildman–Crippen LogP) is 1.95. The van der Waals surface area contributed by atoms with Crippen molar-refractivity contribution in [3.8, 4) is 0 Å². The van der Waals surface area contributed by atoms with Gasteiger partial charge in [-0.25, -0.2) is 9.37 Å². The van der Waals surface area contributed by atoms with Crippen LogP contribution in [-0.4, -0.2) is 90.0 Å². The molecule has 1 saturated heterocycles. The van der Waals surface area contributed by atoms with E-state index >= 15 is 0 Å². The second kappa shape index (κ2) is 11.8. The van der Waals surface area contributed by atoms with E-state index in [9.17, 15) is 18.8 Å². The van der Waals surface area contributed by atoms with Gasteiger partial charge in [0.1, 0.15) is 18.1 Å². The molecule has 2 aromatic heterocycles. The fourth-order valence-electron chi connectivity index (χ4n) is 4.83. The molecule has 2 atom stereocenters. The molecule has 10 nitrogen and oxygen atoms in total. The van der Waals surface area contributed by atoms with Gasteiger partial charge in [0.15, 0.2) is 5.01 Å². The molecule has 0 unspecified atom stereocenters. The zero-order chi connectivity index (χ0) is 26.1. The molecule has 1 fully saturated rings. The Morgan fingerprint density at radius 2 is 1.97 bits per heavy atom. The number of thiazole rings is 1. The summed E-state index contributed by atoms with van der Waals surface area (Å²) in [6.07, 6.45) is 1.24. The number of fused-ring (bicyclic) bond motifs is 2. The maximum absolute atomic E-state index is 13.6. The van der Waals surface area contributed by atoms with Gasteiger partial charge in [-0.3, -0.25) is 14.4 Å². The van der Waals surface area contributed by atoms with Crippen LogP contribution in [0.4, 0.5) is 4.39 Å². The van der Waals surface area contributed by atoms with Gasteiger partial charge in [-0.15, -0.1) is 23.7 Å². The van der Waals surface area contributed by atoms with Gasteiger partial charge >= 0.3 is 0 Å². The number of likely N-dealkylation sites (N-methyl/N-ethyl adjacent to an activating group) is 1. The number of aromatic amines is 1. The summed E-state index contributed by atoms with van der Waals surface area (Å²) in [5.41, 5.74) is 1.89. The molecule has 2 aliphatic heterocycles. The van der Waals surface area contributed by atoms with Crippen LogP contribution in [0.1, 0.15) is 37.3 Å². The largest absolute Gasteiger partial charge is 0.375 e. The van der Waals surface area contributed by atoms with Crippen LogP contribution in [0.3, 0.4) is 0 Å². The molecule has 3 amide bonds. The maximum Gasteiger partial charge on any atom is 0.280 e. The zero-order valence-electron chi connectivity index (χ0n) is 21.1. The summed E-state index contributed by atoms with van der Waals surface area (Å²) >= 11 is 1.38. The van der Waals surface area contributed by atoms with Crippen LogP contribution in [0.2, 0.25) is 0 Å². The summed E-state index contributed by atoms with van der Waals surface area (Å²) in [7, 11) is 3.49. The number of ether oxygens (including phenoxy) is 1. The van der Waals surface area contributed by atoms with Crippen LogP contribution >= 0.6 is 23.7 Å². The summed E-state index contributed by atoms with van der Waals surface area (Å²) in [5, 5.41) is 6.97. The Hall–Kier alpha value is -3.06. The van der Waals surface area contributed by atoms with Crippen molar-refractivity contribution in [3.63, 3.8) is 0 Å². The van der Waals surface area contributed by atoms with Gasteiger partial charge in [-0.1, -0.05) is 0 Å². The van der Waals surface area contributed by atoms with Gasteiger partial charge in [0.2, 0.25) is 5.91 Å². The topological polar surface area (TPSA) is 120 Å². The summed E-state index contributed by atoms with van der Waals surface area (Å²) in [5.74, 6) is -1.26. The predicted molar refractivity (Wildman–Crippen MR) is 143 cm³/mol. The van der Waals surface area contributed by atoms with Gasteiger partial charge < -0.3 is 30.2 Å². The average molecular weight is 565 g/mol. The zero-order valence-corrected chi connectivity index (χ0v) is 22.7. The van der Waals surface area contributed by atoms with E-state index in [0.29, 0.717) is 34.6 Å². The number of hydrogen-bond donors (Lipinski definition) is 3. The molecule has 3 N–H and O–H groups in total. The van der Waals surface area contributed by atoms with Crippen LogP contribution in [0.15, 0.2) is 24.3 Å². The molecule has 0 aliphatic carbocycles. The normalized spacial score (nSPS) is 19.5. The molecule has 3 aromatic rings. The lowest BCUT2D eigenvalue weighted by Crippen LogP contribution is -2.61. The van der Waals surface area contributed by atoms with Crippen LogP contribution in [0.25, 0.3) is 10.9 Å². The third-order valence-corrected chi connectivity index (χ3v) is 7.89. The molecular formula is C25H30ClFN6O4S. The highest BCUT2D eigenvalue weighted by molar-refractivity contribution is 7.13. The van der Waals surface area contributed by atoms with Gasteiger partial charge in [-0.05, 0) is 37.7 Å². The quantitative estimate of drug-likeness (QED) is 0.421. The molecular weight excluding hydrogens is 535 g/mol. The molecule has 0 spiro atoms. The first-order valence-electron chi connectivity index (χ1n) is 12.1. The minimum Gasteiger partial charge on any atom is -0.375 e. The summed E-state index contributed by atoms with van der Waals surface area (Å²) < 4.78 is 18.6. The lowest BCUT2D eigenvalue weighted by Gasteiger charge is -2.39. The number of aromatic nitrogens is 2. The van der Waals surface area contributed by atoms with Crippen LogP contribution in [0, 0.1) is 5.82 Å². The number of benzene rings is 1. The van der Waals surface area contributed by atoms with E-state index in [1.54, 1.807) is 17.0 Å². The molecule has 204 valence electrons. The minimum absolute atomic E-state index is 0. The Balaban J connectivity index is 0.00000336. The number of hydrogen-bond acceptors (Lipinski definition) is 7. The third kappa shape index (κ3) is 5.98. The van der Waals surface area contributed by atoms with Crippen LogP contribution < -0.4 is 10.6 Å². The Bertz CT molecular complexity index is 1350. The van der Waals surface area contributed by atoms with E-state index in [0.717, 1.165) is 30.1 Å². The highest BCUT2D eigenvalue weighted by Gasteiger charge is 2.35. The fourth-order valence-corrected chi connectivity index (χ4v) is 5.93. The monoisotopic (exact) mass is 564 g/mol. The summed E-state index contributed by atoms with van der Waals surface area (Å²) in [4.78, 5) is 51.2. The molecule has 4 heterocycles. The molecule has 1 aromatic carbocycles. The maximum atomic E-state index is 13.6. The lowest BCUT2D eigenvalue weighted by atomic mass is 9.98. The molecule has 0 saturated carbocycles. The van der Waals surface area contributed by atoms with Crippen LogP contribution in [-0.2, 0) is 22.5 Å². The van der Waals surface area contributed by atoms with Crippen molar-refractivity contribution in [2.45, 2.75) is 31.5 Å². The number of nitrogens with zero attached hydrogens (tertiary/aromatic N) is 3. The minimum atomic E-state index is -0.531. The molecule has 2 aliphatic rings. The second-order valence-electron chi connectivity index (χ2n) is 9.51. The fraction of sp³-hybridized carbons (Fsp3) is 0.440. The van der Waals surface area contributed by atoms with Gasteiger partial charge in [0, 0.05) is 55.5 Å². The van der Waals surface area contributed by atoms with Crippen molar-refractivity contribution >= 4 is 52.4 Å². The Kier molecular flexibility index (Phi) is 8.66. The van der Waals surface area contributed by atoms with E-state index < -0.39 is 12.1 Å². The number of H-pyrrole nitrogens is 1. The Labute approximate surface area is 229 Å². The highest BCUT2D eigenvalue weighted by atomic mass is 35.5.